The zero-order chi connectivity index (χ0) is 42.6. The third-order valence-electron chi connectivity index (χ3n) is 13.5. The van der Waals surface area contributed by atoms with Gasteiger partial charge in [-0.25, -0.2) is 14.1 Å². The molecule has 16 heteroatoms. The number of benzene rings is 2. The van der Waals surface area contributed by atoms with E-state index in [0.29, 0.717) is 66.7 Å². The molecule has 10 rings (SSSR count). The zero-order valence-electron chi connectivity index (χ0n) is 35.5. The van der Waals surface area contributed by atoms with Crippen LogP contribution in [0.25, 0.3) is 22.3 Å². The van der Waals surface area contributed by atoms with Gasteiger partial charge in [0.2, 0.25) is 17.7 Å². The van der Waals surface area contributed by atoms with Crippen LogP contribution in [0.15, 0.2) is 54.6 Å². The van der Waals surface area contributed by atoms with Crippen molar-refractivity contribution in [2.24, 2.45) is 18.9 Å². The quantitative estimate of drug-likeness (QED) is 0.218. The highest BCUT2D eigenvalue weighted by molar-refractivity contribution is 6.05. The lowest BCUT2D eigenvalue weighted by Crippen LogP contribution is -2.57. The summed E-state index contributed by atoms with van der Waals surface area (Å²) in [5, 5.41) is 10.2. The number of hydrogen-bond acceptors (Lipinski definition) is 11. The van der Waals surface area contributed by atoms with E-state index in [0.717, 1.165) is 97.9 Å². The van der Waals surface area contributed by atoms with Crippen molar-refractivity contribution >= 4 is 46.1 Å². The molecule has 4 aliphatic heterocycles. The van der Waals surface area contributed by atoms with Crippen LogP contribution >= 0.6 is 0 Å². The van der Waals surface area contributed by atoms with Crippen LogP contribution < -0.4 is 29.9 Å². The Morgan fingerprint density at radius 2 is 1.61 bits per heavy atom. The van der Waals surface area contributed by atoms with Crippen molar-refractivity contribution < 1.29 is 28.2 Å². The number of nitrogens with zero attached hydrogens (tertiary/aromatic N) is 8. The minimum atomic E-state index is -1.01. The van der Waals surface area contributed by atoms with Crippen LogP contribution in [0.3, 0.4) is 0 Å². The van der Waals surface area contributed by atoms with Crippen molar-refractivity contribution in [3.05, 3.63) is 71.5 Å². The second-order valence-electron chi connectivity index (χ2n) is 17.7. The lowest BCUT2D eigenvalue weighted by atomic mass is 9.99. The number of imidazole rings is 1. The molecule has 1 aliphatic carbocycles. The number of piperazine rings is 1. The number of alkyl halides is 1. The smallest absolute Gasteiger partial charge is 0.267 e. The first kappa shape index (κ1) is 40.1. The van der Waals surface area contributed by atoms with E-state index in [9.17, 15) is 14.4 Å². The number of carbonyl (C=O) groups is 3. The number of aryl methyl sites for hydroxylation is 3. The average molecular weight is 845 g/mol. The van der Waals surface area contributed by atoms with E-state index in [1.807, 2.05) is 39.1 Å². The van der Waals surface area contributed by atoms with Crippen molar-refractivity contribution in [1.29, 1.82) is 0 Å². The number of amides is 3. The Kier molecular flexibility index (Phi) is 10.6. The van der Waals surface area contributed by atoms with Gasteiger partial charge in [0.15, 0.2) is 6.10 Å². The third-order valence-corrected chi connectivity index (χ3v) is 13.5. The Hall–Kier alpha value is -6.03. The van der Waals surface area contributed by atoms with Crippen LogP contribution in [0, 0.1) is 25.7 Å². The molecule has 324 valence electrons. The van der Waals surface area contributed by atoms with E-state index in [1.165, 1.54) is 0 Å². The van der Waals surface area contributed by atoms with Crippen molar-refractivity contribution in [2.45, 2.75) is 77.2 Å². The standard InChI is InChI=1S/C46H53FN10O5/c1-27-20-31-22-37(48-27)42-28(2)52-53(3)45(42)61-26-30-5-4-29(21-30)24-57-39-23-33(8-11-36(39)49-46(57)51-43(31)59)54-16-18-55(19-17-54)38-14-15-56(25-35(38)47)32-6-9-34(10-7-32)62-40-12-13-41(58)50-44(40)60/h6-11,20,22-23,29-30,35,38,40H,4-5,12-19,21,24-26H2,1-3H3,(H,49,51,59)(H,50,58,60)/t29-,30+,35+,38-,40?/m1/s1. The van der Waals surface area contributed by atoms with Gasteiger partial charge in [-0.3, -0.25) is 34.9 Å². The highest BCUT2D eigenvalue weighted by Crippen LogP contribution is 2.38. The fraction of sp³-hybridized carbons (Fsp3) is 0.478. The second kappa shape index (κ2) is 16.3. The fourth-order valence-electron chi connectivity index (χ4n) is 10.3. The summed E-state index contributed by atoms with van der Waals surface area (Å²) in [5.74, 6) is 1.59. The number of carbonyl (C=O) groups excluding carboxylic acids is 3. The first-order chi connectivity index (χ1) is 30.0. The Morgan fingerprint density at radius 3 is 2.40 bits per heavy atom. The molecule has 15 nitrogen and oxygen atoms in total. The lowest BCUT2D eigenvalue weighted by molar-refractivity contribution is -0.138. The highest BCUT2D eigenvalue weighted by atomic mass is 19.1. The molecule has 62 heavy (non-hydrogen) atoms. The summed E-state index contributed by atoms with van der Waals surface area (Å²) in [5.41, 5.74) is 7.29. The summed E-state index contributed by atoms with van der Waals surface area (Å²) in [4.78, 5) is 54.2. The van der Waals surface area contributed by atoms with Crippen LogP contribution in [0.1, 0.15) is 60.3 Å². The van der Waals surface area contributed by atoms with E-state index in [2.05, 4.69) is 53.2 Å². The number of anilines is 3. The van der Waals surface area contributed by atoms with Gasteiger partial charge >= 0.3 is 0 Å². The molecule has 0 radical (unpaired) electrons. The minimum Gasteiger partial charge on any atom is -0.481 e. The van der Waals surface area contributed by atoms with E-state index in [-0.39, 0.29) is 24.3 Å². The predicted octanol–water partition coefficient (Wildman–Crippen LogP) is 5.43. The third kappa shape index (κ3) is 7.84. The molecule has 3 saturated heterocycles. The van der Waals surface area contributed by atoms with Crippen LogP contribution in [0.4, 0.5) is 21.7 Å². The molecule has 1 unspecified atom stereocenters. The molecule has 4 fully saturated rings. The van der Waals surface area contributed by atoms with E-state index in [4.69, 9.17) is 19.4 Å². The van der Waals surface area contributed by atoms with Gasteiger partial charge in [0.1, 0.15) is 11.9 Å². The molecular weight excluding hydrogens is 792 g/mol. The topological polar surface area (TPSA) is 152 Å². The average Bonchev–Trinajstić information content (AvgIpc) is 3.94. The van der Waals surface area contributed by atoms with Gasteiger partial charge in [-0.05, 0) is 106 Å². The number of nitrogens with one attached hydrogen (secondary N) is 2. The number of piperidine rings is 2. The summed E-state index contributed by atoms with van der Waals surface area (Å²) < 4.78 is 32.3. The van der Waals surface area contributed by atoms with Gasteiger partial charge < -0.3 is 23.8 Å². The number of hydrogen-bond donors (Lipinski definition) is 2. The largest absolute Gasteiger partial charge is 0.481 e. The fourth-order valence-corrected chi connectivity index (χ4v) is 10.3. The molecule has 7 heterocycles. The number of rotatable bonds is 5. The number of fused-ring (bicyclic) bond motifs is 9. The van der Waals surface area contributed by atoms with Crippen LogP contribution in [0.2, 0.25) is 0 Å². The van der Waals surface area contributed by atoms with Crippen LogP contribution in [-0.2, 0) is 23.2 Å². The predicted molar refractivity (Wildman–Crippen MR) is 232 cm³/mol. The SMILES string of the molecule is Cc1cc2cc(n1)-c1c(C)nn(C)c1OC[C@H]1CC[C@H](C1)Cn1c(nc3ccc(N4CCN([C@@H]5CCN(c6ccc(OC7CCC(=O)NC7=O)cc6)C[C@@H]5F)CC4)cc31)NC2=O. The molecule has 2 aromatic carbocycles. The number of aromatic nitrogens is 5. The molecule has 3 aromatic heterocycles. The van der Waals surface area contributed by atoms with Gasteiger partial charge in [0.05, 0.1) is 41.1 Å². The van der Waals surface area contributed by atoms with Crippen LogP contribution in [-0.4, -0.2) is 111 Å². The monoisotopic (exact) mass is 844 g/mol. The van der Waals surface area contributed by atoms with Crippen molar-refractivity contribution in [3.8, 4) is 22.9 Å². The molecule has 1 saturated carbocycles. The maximum Gasteiger partial charge on any atom is 0.267 e. The van der Waals surface area contributed by atoms with Gasteiger partial charge in [-0.15, -0.1) is 0 Å². The number of pyridine rings is 1. The molecule has 3 amide bonds. The summed E-state index contributed by atoms with van der Waals surface area (Å²) in [7, 11) is 1.89. The van der Waals surface area contributed by atoms with Gasteiger partial charge in [-0.2, -0.15) is 5.10 Å². The Balaban J connectivity index is 0.819. The van der Waals surface area contributed by atoms with Gasteiger partial charge in [0, 0.05) is 87.8 Å². The molecule has 4 bridgehead atoms. The van der Waals surface area contributed by atoms with E-state index >= 15 is 4.39 Å². The molecule has 5 atom stereocenters. The first-order valence-corrected chi connectivity index (χ1v) is 22.0. The lowest BCUT2D eigenvalue weighted by Gasteiger charge is -2.45. The summed E-state index contributed by atoms with van der Waals surface area (Å²) in [6.07, 6.45) is 2.74. The zero-order valence-corrected chi connectivity index (χ0v) is 35.5. The van der Waals surface area contributed by atoms with Gasteiger partial charge in [-0.1, -0.05) is 0 Å². The molecule has 5 aliphatic rings. The maximum atomic E-state index is 16.0. The van der Waals surface area contributed by atoms with Crippen molar-refractivity contribution in [1.82, 2.24) is 34.5 Å². The summed E-state index contributed by atoms with van der Waals surface area (Å²) in [6.45, 7) is 9.26. The number of imide groups is 1. The van der Waals surface area contributed by atoms with Gasteiger partial charge in [0.25, 0.3) is 11.8 Å². The summed E-state index contributed by atoms with van der Waals surface area (Å²) in [6, 6.07) is 17.2. The second-order valence-corrected chi connectivity index (χ2v) is 17.7. The molecule has 2 N–H and O–H groups in total. The molecular formula is C46H53FN10O5. The number of halogens is 1. The Bertz CT molecular complexity index is 2530. The molecule has 0 spiro atoms. The Labute approximate surface area is 359 Å². The summed E-state index contributed by atoms with van der Waals surface area (Å²) >= 11 is 0. The highest BCUT2D eigenvalue weighted by Gasteiger charge is 2.36. The maximum absolute atomic E-state index is 16.0. The number of ether oxygens (including phenoxy) is 2. The molecule has 5 aromatic rings. The normalized spacial score (nSPS) is 24.7. The Morgan fingerprint density at radius 1 is 0.823 bits per heavy atom. The van der Waals surface area contributed by atoms with Crippen molar-refractivity contribution in [3.63, 3.8) is 0 Å². The van der Waals surface area contributed by atoms with E-state index < -0.39 is 18.2 Å². The first-order valence-electron chi connectivity index (χ1n) is 22.0. The van der Waals surface area contributed by atoms with E-state index in [1.54, 1.807) is 22.9 Å². The minimum absolute atomic E-state index is 0.154. The van der Waals surface area contributed by atoms with Crippen LogP contribution in [0.5, 0.6) is 11.6 Å². The van der Waals surface area contributed by atoms with Crippen molar-refractivity contribution in [2.75, 3.05) is 61.0 Å².